The van der Waals surface area contributed by atoms with E-state index in [0.717, 1.165) is 5.56 Å². The molecule has 2 heterocycles. The van der Waals surface area contributed by atoms with Gasteiger partial charge in [0, 0.05) is 32.0 Å². The second-order valence-corrected chi connectivity index (χ2v) is 5.77. The van der Waals surface area contributed by atoms with Gasteiger partial charge in [-0.15, -0.1) is 0 Å². The van der Waals surface area contributed by atoms with Crippen molar-refractivity contribution >= 4 is 5.91 Å². The molecule has 0 bridgehead atoms. The van der Waals surface area contributed by atoms with E-state index in [1.807, 2.05) is 13.2 Å². The Morgan fingerprint density at radius 3 is 3.04 bits per heavy atom. The van der Waals surface area contributed by atoms with E-state index in [-0.39, 0.29) is 23.7 Å². The zero-order valence-corrected chi connectivity index (χ0v) is 13.0. The summed E-state index contributed by atoms with van der Waals surface area (Å²) < 4.78 is 21.0. The maximum atomic E-state index is 13.6. The molecule has 3 rings (SSSR count). The van der Waals surface area contributed by atoms with Gasteiger partial charge >= 0.3 is 0 Å². The molecule has 1 N–H and O–H groups in total. The second kappa shape index (κ2) is 6.91. The lowest BCUT2D eigenvalue weighted by Gasteiger charge is -2.17. The summed E-state index contributed by atoms with van der Waals surface area (Å²) in [4.78, 5) is 12.4. The van der Waals surface area contributed by atoms with E-state index in [4.69, 9.17) is 4.74 Å². The third-order valence-electron chi connectivity index (χ3n) is 4.13. The Morgan fingerprint density at radius 2 is 2.30 bits per heavy atom. The van der Waals surface area contributed by atoms with Crippen LogP contribution in [0.1, 0.15) is 23.7 Å². The van der Waals surface area contributed by atoms with Crippen LogP contribution in [0, 0.1) is 11.7 Å². The molecule has 122 valence electrons. The standard InChI is InChI=1S/C17H20FN3O2/c1-21-11-13(10-20-21)16-14(7-9-23-16)17(22)19-8-6-12-4-2-3-5-15(12)18/h2-5,10-11,14,16H,6-9H2,1H3,(H,19,22)/t14-,16+/m0/s1. The molecule has 0 saturated carbocycles. The summed E-state index contributed by atoms with van der Waals surface area (Å²) in [5.74, 6) is -0.508. The lowest BCUT2D eigenvalue weighted by Crippen LogP contribution is -2.33. The van der Waals surface area contributed by atoms with Crippen LogP contribution in [0.25, 0.3) is 0 Å². The summed E-state index contributed by atoms with van der Waals surface area (Å²) in [5.41, 5.74) is 1.53. The molecule has 23 heavy (non-hydrogen) atoms. The Labute approximate surface area is 134 Å². The fraction of sp³-hybridized carbons (Fsp3) is 0.412. The van der Waals surface area contributed by atoms with Gasteiger partial charge in [-0.25, -0.2) is 4.39 Å². The first-order valence-corrected chi connectivity index (χ1v) is 7.76. The van der Waals surface area contributed by atoms with Crippen molar-refractivity contribution in [1.29, 1.82) is 0 Å². The SMILES string of the molecule is Cn1cc([C@H]2OCC[C@@H]2C(=O)NCCc2ccccc2F)cn1. The first kappa shape index (κ1) is 15.7. The van der Waals surface area contributed by atoms with Crippen molar-refractivity contribution in [3.8, 4) is 0 Å². The Hall–Kier alpha value is -2.21. The number of halogens is 1. The van der Waals surface area contributed by atoms with Crippen molar-refractivity contribution < 1.29 is 13.9 Å². The van der Waals surface area contributed by atoms with Crippen molar-refractivity contribution in [2.24, 2.45) is 13.0 Å². The molecule has 1 aliphatic heterocycles. The van der Waals surface area contributed by atoms with Gasteiger partial charge in [0.05, 0.1) is 18.2 Å². The van der Waals surface area contributed by atoms with Gasteiger partial charge in [-0.2, -0.15) is 5.10 Å². The molecule has 6 heteroatoms. The smallest absolute Gasteiger partial charge is 0.226 e. The number of aryl methyl sites for hydroxylation is 1. The molecule has 0 radical (unpaired) electrons. The first-order valence-electron chi connectivity index (χ1n) is 7.76. The molecular formula is C17H20FN3O2. The average Bonchev–Trinajstić information content (AvgIpc) is 3.17. The molecule has 0 spiro atoms. The largest absolute Gasteiger partial charge is 0.373 e. The molecule has 1 aromatic heterocycles. The topological polar surface area (TPSA) is 56.1 Å². The fourth-order valence-electron chi connectivity index (χ4n) is 2.93. The van der Waals surface area contributed by atoms with E-state index in [2.05, 4.69) is 10.4 Å². The van der Waals surface area contributed by atoms with E-state index < -0.39 is 0 Å². The zero-order chi connectivity index (χ0) is 16.2. The van der Waals surface area contributed by atoms with Crippen LogP contribution in [0.15, 0.2) is 36.7 Å². The maximum Gasteiger partial charge on any atom is 0.226 e. The Balaban J connectivity index is 1.56. The number of amides is 1. The van der Waals surface area contributed by atoms with Crippen molar-refractivity contribution in [3.63, 3.8) is 0 Å². The third kappa shape index (κ3) is 3.59. The second-order valence-electron chi connectivity index (χ2n) is 5.77. The summed E-state index contributed by atoms with van der Waals surface area (Å²) in [7, 11) is 1.84. The van der Waals surface area contributed by atoms with Gasteiger partial charge in [-0.1, -0.05) is 18.2 Å². The minimum absolute atomic E-state index is 0.0484. The Bertz CT molecular complexity index is 686. The lowest BCUT2D eigenvalue weighted by atomic mass is 9.96. The molecule has 1 saturated heterocycles. The minimum atomic E-state index is -0.253. The number of aromatic nitrogens is 2. The van der Waals surface area contributed by atoms with Crippen LogP contribution in [-0.4, -0.2) is 28.8 Å². The fourth-order valence-corrected chi connectivity index (χ4v) is 2.93. The molecule has 1 aromatic carbocycles. The highest BCUT2D eigenvalue weighted by Crippen LogP contribution is 2.34. The van der Waals surface area contributed by atoms with Crippen LogP contribution >= 0.6 is 0 Å². The van der Waals surface area contributed by atoms with E-state index in [9.17, 15) is 9.18 Å². The van der Waals surface area contributed by atoms with Crippen LogP contribution in [-0.2, 0) is 23.0 Å². The lowest BCUT2D eigenvalue weighted by molar-refractivity contribution is -0.126. The summed E-state index contributed by atoms with van der Waals surface area (Å²) in [5, 5.41) is 7.02. The maximum absolute atomic E-state index is 13.6. The van der Waals surface area contributed by atoms with Crippen LogP contribution in [0.2, 0.25) is 0 Å². The number of hydrogen-bond donors (Lipinski definition) is 1. The van der Waals surface area contributed by atoms with Gasteiger partial charge in [0.1, 0.15) is 5.82 Å². The summed E-state index contributed by atoms with van der Waals surface area (Å²) in [6, 6.07) is 6.62. The van der Waals surface area contributed by atoms with E-state index in [0.29, 0.717) is 31.6 Å². The number of ether oxygens (including phenoxy) is 1. The van der Waals surface area contributed by atoms with Gasteiger partial charge in [0.15, 0.2) is 0 Å². The first-order chi connectivity index (χ1) is 11.1. The highest BCUT2D eigenvalue weighted by molar-refractivity contribution is 5.79. The van der Waals surface area contributed by atoms with E-state index in [1.54, 1.807) is 29.1 Å². The van der Waals surface area contributed by atoms with Crippen LogP contribution in [0.4, 0.5) is 4.39 Å². The van der Waals surface area contributed by atoms with Gasteiger partial charge in [0.2, 0.25) is 5.91 Å². The molecule has 1 fully saturated rings. The minimum Gasteiger partial charge on any atom is -0.373 e. The Kier molecular flexibility index (Phi) is 4.71. The average molecular weight is 317 g/mol. The molecule has 1 amide bonds. The predicted octanol–water partition coefficient (Wildman–Crippen LogP) is 2.00. The summed E-state index contributed by atoms with van der Waals surface area (Å²) in [6.45, 7) is 0.973. The molecule has 0 unspecified atom stereocenters. The molecule has 0 aliphatic carbocycles. The highest BCUT2D eigenvalue weighted by atomic mass is 19.1. The van der Waals surface area contributed by atoms with Crippen LogP contribution < -0.4 is 5.32 Å². The molecule has 1 aliphatic rings. The quantitative estimate of drug-likeness (QED) is 0.917. The van der Waals surface area contributed by atoms with Crippen LogP contribution in [0.5, 0.6) is 0 Å². The van der Waals surface area contributed by atoms with Crippen molar-refractivity contribution in [1.82, 2.24) is 15.1 Å². The third-order valence-corrected chi connectivity index (χ3v) is 4.13. The van der Waals surface area contributed by atoms with Crippen molar-refractivity contribution in [2.75, 3.05) is 13.2 Å². The van der Waals surface area contributed by atoms with E-state index in [1.165, 1.54) is 6.07 Å². The predicted molar refractivity (Wildman–Crippen MR) is 83.1 cm³/mol. The Morgan fingerprint density at radius 1 is 1.48 bits per heavy atom. The number of benzene rings is 1. The van der Waals surface area contributed by atoms with Gasteiger partial charge in [-0.3, -0.25) is 9.48 Å². The number of rotatable bonds is 5. The summed E-state index contributed by atoms with van der Waals surface area (Å²) >= 11 is 0. The number of carbonyl (C=O) groups excluding carboxylic acids is 1. The normalized spacial score (nSPS) is 20.6. The van der Waals surface area contributed by atoms with Crippen LogP contribution in [0.3, 0.4) is 0 Å². The van der Waals surface area contributed by atoms with E-state index >= 15 is 0 Å². The number of carbonyl (C=O) groups is 1. The molecular weight excluding hydrogens is 297 g/mol. The number of hydrogen-bond acceptors (Lipinski definition) is 3. The number of nitrogens with one attached hydrogen (secondary N) is 1. The van der Waals surface area contributed by atoms with Gasteiger partial charge < -0.3 is 10.1 Å². The van der Waals surface area contributed by atoms with Gasteiger partial charge in [0.25, 0.3) is 0 Å². The zero-order valence-electron chi connectivity index (χ0n) is 13.0. The highest BCUT2D eigenvalue weighted by Gasteiger charge is 2.35. The molecule has 2 aromatic rings. The molecule has 5 nitrogen and oxygen atoms in total. The number of nitrogens with zero attached hydrogens (tertiary/aromatic N) is 2. The van der Waals surface area contributed by atoms with Gasteiger partial charge in [-0.05, 0) is 24.5 Å². The monoisotopic (exact) mass is 317 g/mol. The molecule has 2 atom stereocenters. The summed E-state index contributed by atoms with van der Waals surface area (Å²) in [6.07, 6.45) is 4.51. The van der Waals surface area contributed by atoms with Crippen molar-refractivity contribution in [2.45, 2.75) is 18.9 Å². The van der Waals surface area contributed by atoms with Crippen molar-refractivity contribution in [3.05, 3.63) is 53.6 Å².